The SMILES string of the molecule is CN1C[C@@H](c2ccc(N)nc2)CCC1=O. The molecule has 0 unspecified atom stereocenters. The van der Waals surface area contributed by atoms with Crippen LogP contribution >= 0.6 is 0 Å². The van der Waals surface area contributed by atoms with Gasteiger partial charge in [0.2, 0.25) is 5.91 Å². The van der Waals surface area contributed by atoms with Crippen molar-refractivity contribution in [3.63, 3.8) is 0 Å². The predicted octanol–water partition coefficient (Wildman–Crippen LogP) is 1.000. The van der Waals surface area contributed by atoms with Crippen LogP contribution in [0.2, 0.25) is 0 Å². The zero-order chi connectivity index (χ0) is 10.8. The van der Waals surface area contributed by atoms with Crippen molar-refractivity contribution in [2.75, 3.05) is 19.3 Å². The molecule has 1 aliphatic heterocycles. The van der Waals surface area contributed by atoms with Crippen molar-refractivity contribution in [3.05, 3.63) is 23.9 Å². The van der Waals surface area contributed by atoms with Crippen LogP contribution in [0.25, 0.3) is 0 Å². The summed E-state index contributed by atoms with van der Waals surface area (Å²) in [5, 5.41) is 0. The van der Waals surface area contributed by atoms with E-state index in [1.807, 2.05) is 25.4 Å². The maximum atomic E-state index is 11.3. The number of hydrogen-bond acceptors (Lipinski definition) is 3. The van der Waals surface area contributed by atoms with Crippen LogP contribution in [0.1, 0.15) is 24.3 Å². The number of carbonyl (C=O) groups is 1. The lowest BCUT2D eigenvalue weighted by molar-refractivity contribution is -0.132. The third-order valence-corrected chi connectivity index (χ3v) is 2.91. The van der Waals surface area contributed by atoms with Crippen LogP contribution in [0.4, 0.5) is 5.82 Å². The van der Waals surface area contributed by atoms with Crippen molar-refractivity contribution in [1.82, 2.24) is 9.88 Å². The molecule has 1 fully saturated rings. The molecule has 0 aliphatic carbocycles. The number of likely N-dealkylation sites (N-methyl/N-ethyl adjacent to an activating group) is 1. The summed E-state index contributed by atoms with van der Waals surface area (Å²) in [6.45, 7) is 0.782. The largest absolute Gasteiger partial charge is 0.384 e. The first kappa shape index (κ1) is 9.96. The first-order valence-electron chi connectivity index (χ1n) is 5.12. The quantitative estimate of drug-likeness (QED) is 0.744. The van der Waals surface area contributed by atoms with Gasteiger partial charge in [0, 0.05) is 32.1 Å². The highest BCUT2D eigenvalue weighted by Crippen LogP contribution is 2.26. The van der Waals surface area contributed by atoms with Gasteiger partial charge in [-0.15, -0.1) is 0 Å². The minimum absolute atomic E-state index is 0.231. The second kappa shape index (κ2) is 3.88. The molecular weight excluding hydrogens is 190 g/mol. The van der Waals surface area contributed by atoms with Crippen LogP contribution in [0.3, 0.4) is 0 Å². The summed E-state index contributed by atoms with van der Waals surface area (Å²) in [7, 11) is 1.85. The molecule has 1 aromatic rings. The van der Waals surface area contributed by atoms with Gasteiger partial charge in [0.15, 0.2) is 0 Å². The Hall–Kier alpha value is -1.58. The Bertz CT molecular complexity index is 361. The lowest BCUT2D eigenvalue weighted by Gasteiger charge is -2.29. The number of carbonyl (C=O) groups excluding carboxylic acids is 1. The smallest absolute Gasteiger partial charge is 0.222 e. The molecule has 0 bridgehead atoms. The Morgan fingerprint density at radius 2 is 2.33 bits per heavy atom. The summed E-state index contributed by atoms with van der Waals surface area (Å²) in [5.41, 5.74) is 6.70. The van der Waals surface area contributed by atoms with Crippen molar-refractivity contribution in [2.24, 2.45) is 0 Å². The van der Waals surface area contributed by atoms with Crippen molar-refractivity contribution < 1.29 is 4.79 Å². The summed E-state index contributed by atoms with van der Waals surface area (Å²) in [4.78, 5) is 17.2. The van der Waals surface area contributed by atoms with Gasteiger partial charge in [0.1, 0.15) is 5.82 Å². The van der Waals surface area contributed by atoms with E-state index in [1.54, 1.807) is 4.90 Å². The van der Waals surface area contributed by atoms with E-state index in [0.717, 1.165) is 13.0 Å². The fraction of sp³-hybridized carbons (Fsp3) is 0.455. The third-order valence-electron chi connectivity index (χ3n) is 2.91. The van der Waals surface area contributed by atoms with Gasteiger partial charge in [0.05, 0.1) is 0 Å². The van der Waals surface area contributed by atoms with Crippen LogP contribution in [0, 0.1) is 0 Å². The molecule has 80 valence electrons. The molecule has 2 heterocycles. The summed E-state index contributed by atoms with van der Waals surface area (Å²) >= 11 is 0. The molecule has 0 radical (unpaired) electrons. The zero-order valence-electron chi connectivity index (χ0n) is 8.81. The van der Waals surface area contributed by atoms with Gasteiger partial charge in [0.25, 0.3) is 0 Å². The van der Waals surface area contributed by atoms with Crippen molar-refractivity contribution >= 4 is 11.7 Å². The molecule has 4 nitrogen and oxygen atoms in total. The van der Waals surface area contributed by atoms with Gasteiger partial charge in [-0.1, -0.05) is 6.07 Å². The van der Waals surface area contributed by atoms with Gasteiger partial charge in [-0.2, -0.15) is 0 Å². The molecular formula is C11H15N3O. The number of pyridine rings is 1. The predicted molar refractivity (Wildman–Crippen MR) is 58.3 cm³/mol. The van der Waals surface area contributed by atoms with E-state index in [0.29, 0.717) is 18.2 Å². The maximum Gasteiger partial charge on any atom is 0.222 e. The van der Waals surface area contributed by atoms with E-state index in [4.69, 9.17) is 5.73 Å². The topological polar surface area (TPSA) is 59.2 Å². The number of amides is 1. The lowest BCUT2D eigenvalue weighted by Crippen LogP contribution is -2.35. The molecule has 4 heteroatoms. The number of hydrogen-bond donors (Lipinski definition) is 1. The minimum atomic E-state index is 0.231. The number of likely N-dealkylation sites (tertiary alicyclic amines) is 1. The highest BCUT2D eigenvalue weighted by Gasteiger charge is 2.23. The molecule has 1 aliphatic rings. The van der Waals surface area contributed by atoms with Gasteiger partial charge < -0.3 is 10.6 Å². The molecule has 0 spiro atoms. The molecule has 2 N–H and O–H groups in total. The average Bonchev–Trinajstić information content (AvgIpc) is 2.23. The Morgan fingerprint density at radius 3 is 2.93 bits per heavy atom. The molecule has 1 saturated heterocycles. The summed E-state index contributed by atoms with van der Waals surface area (Å²) in [6, 6.07) is 3.81. The number of nitrogens with zero attached hydrogens (tertiary/aromatic N) is 2. The molecule has 0 aromatic carbocycles. The number of rotatable bonds is 1. The van der Waals surface area contributed by atoms with E-state index in [1.165, 1.54) is 5.56 Å². The summed E-state index contributed by atoms with van der Waals surface area (Å²) in [6.07, 6.45) is 3.35. The van der Waals surface area contributed by atoms with E-state index < -0.39 is 0 Å². The number of nitrogens with two attached hydrogens (primary N) is 1. The van der Waals surface area contributed by atoms with Crippen LogP contribution in [-0.2, 0) is 4.79 Å². The van der Waals surface area contributed by atoms with Gasteiger partial charge in [-0.3, -0.25) is 4.79 Å². The van der Waals surface area contributed by atoms with Crippen LogP contribution < -0.4 is 5.73 Å². The van der Waals surface area contributed by atoms with Crippen LogP contribution in [0.15, 0.2) is 18.3 Å². The summed E-state index contributed by atoms with van der Waals surface area (Å²) < 4.78 is 0. The first-order chi connectivity index (χ1) is 7.16. The fourth-order valence-electron chi connectivity index (χ4n) is 1.94. The van der Waals surface area contributed by atoms with Gasteiger partial charge >= 0.3 is 0 Å². The first-order valence-corrected chi connectivity index (χ1v) is 5.12. The van der Waals surface area contributed by atoms with E-state index in [9.17, 15) is 4.79 Å². The molecule has 1 amide bonds. The number of nitrogen functional groups attached to an aromatic ring is 1. The van der Waals surface area contributed by atoms with Crippen molar-refractivity contribution in [2.45, 2.75) is 18.8 Å². The number of aromatic nitrogens is 1. The van der Waals surface area contributed by atoms with E-state index >= 15 is 0 Å². The highest BCUT2D eigenvalue weighted by atomic mass is 16.2. The van der Waals surface area contributed by atoms with Crippen molar-refractivity contribution in [3.8, 4) is 0 Å². The van der Waals surface area contributed by atoms with Crippen molar-refractivity contribution in [1.29, 1.82) is 0 Å². The maximum absolute atomic E-state index is 11.3. The lowest BCUT2D eigenvalue weighted by atomic mass is 9.92. The summed E-state index contributed by atoms with van der Waals surface area (Å²) in [5.74, 6) is 1.18. The standard InChI is InChI=1S/C11H15N3O/c1-14-7-9(3-5-11(14)15)8-2-4-10(12)13-6-8/h2,4,6,9H,3,5,7H2,1H3,(H2,12,13)/t9-/m0/s1. The number of piperidine rings is 1. The Kier molecular flexibility index (Phi) is 2.58. The minimum Gasteiger partial charge on any atom is -0.384 e. The Morgan fingerprint density at radius 1 is 1.53 bits per heavy atom. The third kappa shape index (κ3) is 2.09. The molecule has 15 heavy (non-hydrogen) atoms. The second-order valence-corrected chi connectivity index (χ2v) is 4.03. The number of anilines is 1. The zero-order valence-corrected chi connectivity index (χ0v) is 8.81. The molecule has 1 aromatic heterocycles. The average molecular weight is 205 g/mol. The monoisotopic (exact) mass is 205 g/mol. The Labute approximate surface area is 89.1 Å². The molecule has 0 saturated carbocycles. The van der Waals surface area contributed by atoms with Crippen LogP contribution in [0.5, 0.6) is 0 Å². The van der Waals surface area contributed by atoms with Gasteiger partial charge in [-0.25, -0.2) is 4.98 Å². The molecule has 1 atom stereocenters. The normalized spacial score (nSPS) is 21.8. The van der Waals surface area contributed by atoms with E-state index in [-0.39, 0.29) is 5.91 Å². The fourth-order valence-corrected chi connectivity index (χ4v) is 1.94. The van der Waals surface area contributed by atoms with Gasteiger partial charge in [-0.05, 0) is 18.1 Å². The Balaban J connectivity index is 2.12. The molecule has 2 rings (SSSR count). The highest BCUT2D eigenvalue weighted by molar-refractivity contribution is 5.76. The van der Waals surface area contributed by atoms with E-state index in [2.05, 4.69) is 4.98 Å². The van der Waals surface area contributed by atoms with Crippen LogP contribution in [-0.4, -0.2) is 29.4 Å². The second-order valence-electron chi connectivity index (χ2n) is 4.03.